The van der Waals surface area contributed by atoms with Crippen LogP contribution >= 0.6 is 0 Å². The summed E-state index contributed by atoms with van der Waals surface area (Å²) in [6.45, 7) is 3.48. The van der Waals surface area contributed by atoms with Gasteiger partial charge in [-0.25, -0.2) is 13.1 Å². The highest BCUT2D eigenvalue weighted by Crippen LogP contribution is 2.18. The monoisotopic (exact) mass is 280 g/mol. The third kappa shape index (κ3) is 3.64. The lowest BCUT2D eigenvalue weighted by atomic mass is 10.1. The maximum Gasteiger partial charge on any atom is 0.254 e. The molecule has 1 aliphatic rings. The smallest absolute Gasteiger partial charge is 0.254 e. The Morgan fingerprint density at radius 2 is 2.00 bits per heavy atom. The van der Waals surface area contributed by atoms with Crippen LogP contribution in [0.1, 0.15) is 13.8 Å². The van der Waals surface area contributed by atoms with Crippen LogP contribution < -0.4 is 4.72 Å². The molecule has 18 heavy (non-hydrogen) atoms. The molecule has 1 aliphatic heterocycles. The lowest BCUT2D eigenvalue weighted by Crippen LogP contribution is -2.46. The molecule has 0 radical (unpaired) electrons. The Labute approximate surface area is 107 Å². The number of amides is 1. The average molecular weight is 280 g/mol. The van der Waals surface area contributed by atoms with Gasteiger partial charge in [0.2, 0.25) is 10.0 Å². The molecule has 2 N–H and O–H groups in total. The van der Waals surface area contributed by atoms with Gasteiger partial charge in [0.1, 0.15) is 5.60 Å². The minimum Gasteiger partial charge on any atom is -0.390 e. The molecule has 1 saturated heterocycles. The molecule has 1 fully saturated rings. The molecule has 2 atom stereocenters. The van der Waals surface area contributed by atoms with Crippen LogP contribution in [0.2, 0.25) is 0 Å². The normalized spacial score (nSPS) is 25.5. The number of likely N-dealkylation sites (tertiary alicyclic amines) is 1. The molecular formula is C10H20N2O5S. The summed E-state index contributed by atoms with van der Waals surface area (Å²) in [5.41, 5.74) is -0.986. The van der Waals surface area contributed by atoms with Crippen LogP contribution in [0.25, 0.3) is 0 Å². The Balaban J connectivity index is 2.73. The molecule has 0 aromatic rings. The fourth-order valence-corrected chi connectivity index (χ4v) is 2.59. The number of hydrogen-bond donors (Lipinski definition) is 2. The summed E-state index contributed by atoms with van der Waals surface area (Å²) in [6.07, 6.45) is 0.111. The van der Waals surface area contributed by atoms with Crippen molar-refractivity contribution in [2.45, 2.75) is 31.6 Å². The lowest BCUT2D eigenvalue weighted by molar-refractivity contribution is -0.150. The summed E-state index contributed by atoms with van der Waals surface area (Å²) in [5, 5.41) is 9.75. The predicted molar refractivity (Wildman–Crippen MR) is 65.4 cm³/mol. The van der Waals surface area contributed by atoms with Crippen molar-refractivity contribution in [2.75, 3.05) is 26.5 Å². The number of sulfonamides is 1. The standard InChI is InChI=1S/C10H20N2O5S/c1-10(2,17-3)9(14)12-5-7(8(13)6-12)11-18(4,15)16/h7-8,11,13H,5-6H2,1-4H3/t7-,8-/m1/s1. The first kappa shape index (κ1) is 15.4. The van der Waals surface area contributed by atoms with E-state index in [0.717, 1.165) is 6.26 Å². The topological polar surface area (TPSA) is 95.9 Å². The number of aliphatic hydroxyl groups is 1. The van der Waals surface area contributed by atoms with E-state index in [-0.39, 0.29) is 19.0 Å². The van der Waals surface area contributed by atoms with E-state index in [9.17, 15) is 18.3 Å². The fourth-order valence-electron chi connectivity index (χ4n) is 1.81. The second-order valence-electron chi connectivity index (χ2n) is 4.99. The molecule has 0 saturated carbocycles. The van der Waals surface area contributed by atoms with Crippen LogP contribution in [0.4, 0.5) is 0 Å². The SMILES string of the molecule is COC(C)(C)C(=O)N1C[C@@H](O)[C@H](NS(C)(=O)=O)C1. The van der Waals surface area contributed by atoms with Gasteiger partial charge in [-0.05, 0) is 13.8 Å². The molecule has 0 aromatic heterocycles. The fraction of sp³-hybridized carbons (Fsp3) is 0.900. The van der Waals surface area contributed by atoms with Crippen molar-refractivity contribution in [3.8, 4) is 0 Å². The van der Waals surface area contributed by atoms with Crippen molar-refractivity contribution < 1.29 is 23.1 Å². The largest absolute Gasteiger partial charge is 0.390 e. The Hall–Kier alpha value is -0.700. The van der Waals surface area contributed by atoms with E-state index in [1.54, 1.807) is 13.8 Å². The second-order valence-corrected chi connectivity index (χ2v) is 6.77. The number of ether oxygens (including phenoxy) is 1. The average Bonchev–Trinajstić information content (AvgIpc) is 2.56. The Kier molecular flexibility index (Phi) is 4.37. The van der Waals surface area contributed by atoms with Gasteiger partial charge in [0.25, 0.3) is 5.91 Å². The number of nitrogens with zero attached hydrogens (tertiary/aromatic N) is 1. The molecule has 7 nitrogen and oxygen atoms in total. The number of carbonyl (C=O) groups is 1. The summed E-state index contributed by atoms with van der Waals surface area (Å²) in [7, 11) is -1.98. The maximum atomic E-state index is 12.1. The molecule has 0 unspecified atom stereocenters. The van der Waals surface area contributed by atoms with Crippen molar-refractivity contribution in [1.29, 1.82) is 0 Å². The van der Waals surface area contributed by atoms with E-state index in [4.69, 9.17) is 4.74 Å². The van der Waals surface area contributed by atoms with E-state index in [2.05, 4.69) is 4.72 Å². The first-order valence-electron chi connectivity index (χ1n) is 5.56. The number of rotatable bonds is 4. The van der Waals surface area contributed by atoms with Crippen molar-refractivity contribution in [1.82, 2.24) is 9.62 Å². The number of methoxy groups -OCH3 is 1. The van der Waals surface area contributed by atoms with E-state index in [1.807, 2.05) is 0 Å². The third-order valence-electron chi connectivity index (χ3n) is 2.97. The molecule has 1 amide bonds. The molecule has 8 heteroatoms. The van der Waals surface area contributed by atoms with Crippen molar-refractivity contribution in [3.05, 3.63) is 0 Å². The predicted octanol–water partition coefficient (Wildman–Crippen LogP) is -1.47. The van der Waals surface area contributed by atoms with E-state index < -0.39 is 27.8 Å². The highest BCUT2D eigenvalue weighted by atomic mass is 32.2. The van der Waals surface area contributed by atoms with Gasteiger partial charge in [-0.1, -0.05) is 0 Å². The highest BCUT2D eigenvalue weighted by Gasteiger charge is 2.40. The van der Waals surface area contributed by atoms with Crippen molar-refractivity contribution in [3.63, 3.8) is 0 Å². The zero-order chi connectivity index (χ0) is 14.1. The van der Waals surface area contributed by atoms with E-state index in [1.165, 1.54) is 12.0 Å². The van der Waals surface area contributed by atoms with Crippen LogP contribution in [0.15, 0.2) is 0 Å². The molecule has 106 valence electrons. The number of hydrogen-bond acceptors (Lipinski definition) is 5. The third-order valence-corrected chi connectivity index (χ3v) is 3.70. The molecule has 0 aliphatic carbocycles. The molecule has 0 spiro atoms. The zero-order valence-electron chi connectivity index (χ0n) is 11.0. The van der Waals surface area contributed by atoms with Gasteiger partial charge < -0.3 is 14.7 Å². The summed E-state index contributed by atoms with van der Waals surface area (Å²) in [4.78, 5) is 13.5. The Morgan fingerprint density at radius 3 is 2.44 bits per heavy atom. The van der Waals surface area contributed by atoms with Crippen LogP contribution in [0, 0.1) is 0 Å². The molecule has 0 aromatic carbocycles. The maximum absolute atomic E-state index is 12.1. The van der Waals surface area contributed by atoms with Gasteiger partial charge in [-0.15, -0.1) is 0 Å². The van der Waals surface area contributed by atoms with Crippen molar-refractivity contribution >= 4 is 15.9 Å². The van der Waals surface area contributed by atoms with Gasteiger partial charge in [0.05, 0.1) is 18.4 Å². The highest BCUT2D eigenvalue weighted by molar-refractivity contribution is 7.88. The second kappa shape index (κ2) is 5.12. The number of aliphatic hydroxyl groups excluding tert-OH is 1. The molecular weight excluding hydrogens is 260 g/mol. The van der Waals surface area contributed by atoms with Gasteiger partial charge in [-0.2, -0.15) is 0 Å². The van der Waals surface area contributed by atoms with Crippen LogP contribution in [0.5, 0.6) is 0 Å². The lowest BCUT2D eigenvalue weighted by Gasteiger charge is -2.27. The summed E-state index contributed by atoms with van der Waals surface area (Å²) >= 11 is 0. The molecule has 1 heterocycles. The van der Waals surface area contributed by atoms with Gasteiger partial charge >= 0.3 is 0 Å². The van der Waals surface area contributed by atoms with Gasteiger partial charge in [-0.3, -0.25) is 4.79 Å². The summed E-state index contributed by atoms with van der Waals surface area (Å²) < 4.78 is 29.6. The van der Waals surface area contributed by atoms with Crippen LogP contribution in [-0.4, -0.2) is 68.5 Å². The van der Waals surface area contributed by atoms with E-state index in [0.29, 0.717) is 0 Å². The molecule has 0 bridgehead atoms. The minimum absolute atomic E-state index is 0.0960. The minimum atomic E-state index is -3.41. The quantitative estimate of drug-likeness (QED) is 0.655. The first-order valence-corrected chi connectivity index (χ1v) is 7.46. The van der Waals surface area contributed by atoms with Gasteiger partial charge in [0, 0.05) is 20.2 Å². The Bertz CT molecular complexity index is 420. The first-order chi connectivity index (χ1) is 8.07. The van der Waals surface area contributed by atoms with E-state index >= 15 is 0 Å². The Morgan fingerprint density at radius 1 is 1.44 bits per heavy atom. The van der Waals surface area contributed by atoms with Crippen molar-refractivity contribution in [2.24, 2.45) is 0 Å². The zero-order valence-corrected chi connectivity index (χ0v) is 11.8. The summed E-state index contributed by atoms with van der Waals surface area (Å²) in [5.74, 6) is -0.276. The van der Waals surface area contributed by atoms with Gasteiger partial charge in [0.15, 0.2) is 0 Å². The number of carbonyl (C=O) groups excluding carboxylic acids is 1. The van der Waals surface area contributed by atoms with Crippen LogP contribution in [-0.2, 0) is 19.6 Å². The van der Waals surface area contributed by atoms with Crippen LogP contribution in [0.3, 0.4) is 0 Å². The molecule has 1 rings (SSSR count). The number of β-amino-alcohol motifs (C(OH)–C–C–N with tert-alkyl or cyclic N) is 1. The number of nitrogens with one attached hydrogen (secondary N) is 1. The summed E-state index contributed by atoms with van der Waals surface area (Å²) in [6, 6.07) is -0.670.